The van der Waals surface area contributed by atoms with Gasteiger partial charge in [-0.15, -0.1) is 0 Å². The van der Waals surface area contributed by atoms with Crippen LogP contribution in [0.2, 0.25) is 0 Å². The van der Waals surface area contributed by atoms with Gasteiger partial charge in [0.1, 0.15) is 0 Å². The van der Waals surface area contributed by atoms with E-state index >= 15 is 0 Å². The Kier molecular flexibility index (Phi) is 6.93. The molecule has 10 atom stereocenters. The van der Waals surface area contributed by atoms with Crippen molar-refractivity contribution in [3.8, 4) is 0 Å². The monoisotopic (exact) mass is 398 g/mol. The summed E-state index contributed by atoms with van der Waals surface area (Å²) in [4.78, 5) is 10.9. The predicted octanol–water partition coefficient (Wildman–Crippen LogP) is 0.147. The average molecular weight is 399 g/mol. The summed E-state index contributed by atoms with van der Waals surface area (Å²) in [5.74, 6) is 2.19. The normalized spacial score (nSPS) is 49.9. The number of carbonyl (C=O) groups excluding carboxylic acids is 1. The van der Waals surface area contributed by atoms with Crippen molar-refractivity contribution in [1.29, 1.82) is 0 Å². The third-order valence-electron chi connectivity index (χ3n) is 10.3. The van der Waals surface area contributed by atoms with Crippen LogP contribution in [0, 0.1) is 46.3 Å². The van der Waals surface area contributed by atoms with Crippen molar-refractivity contribution in [2.75, 3.05) is 0 Å². The molecule has 0 aliphatic heterocycles. The smallest absolute Gasteiger partial charge is 0.550 e. The van der Waals surface area contributed by atoms with E-state index in [-0.39, 0.29) is 48.3 Å². The summed E-state index contributed by atoms with van der Waals surface area (Å²) in [6, 6.07) is 0. The second kappa shape index (κ2) is 8.49. The minimum atomic E-state index is -0.957. The molecule has 2 N–H and O–H groups in total. The van der Waals surface area contributed by atoms with E-state index in [2.05, 4.69) is 20.8 Å². The molecule has 0 amide bonds. The molecule has 0 aromatic rings. The van der Waals surface area contributed by atoms with Crippen LogP contribution in [0.1, 0.15) is 85.0 Å². The molecule has 1 unspecified atom stereocenters. The van der Waals surface area contributed by atoms with Crippen molar-refractivity contribution in [2.24, 2.45) is 46.3 Å². The van der Waals surface area contributed by atoms with Crippen LogP contribution < -0.4 is 24.0 Å². The van der Waals surface area contributed by atoms with Crippen LogP contribution >= 0.6 is 0 Å². The van der Waals surface area contributed by atoms with Gasteiger partial charge in [0, 0.05) is 5.97 Å². The van der Waals surface area contributed by atoms with E-state index in [0.29, 0.717) is 41.9 Å². The second-order valence-electron chi connectivity index (χ2n) is 11.3. The molecule has 0 saturated heterocycles. The fourth-order valence-electron chi connectivity index (χ4n) is 8.71. The first kappa shape index (κ1) is 23.6. The van der Waals surface area contributed by atoms with Crippen LogP contribution in [0.25, 0.3) is 0 Å². The molecule has 4 fully saturated rings. The molecule has 0 aromatic heterocycles. The molecule has 0 heterocycles. The maximum Gasteiger partial charge on any atom is 1.00 e. The Bertz CT molecular complexity index is 612. The summed E-state index contributed by atoms with van der Waals surface area (Å²) in [7, 11) is 0. The minimum absolute atomic E-state index is 0. The SMILES string of the molecule is CC(CCC(=O)[O-])[C@H]1CC[C@H]2[C@@H]3CC[C@@H]4C[C@H](O)CC[C@]4(C)[C@H]3C[C@H](O)[C@]12C.[Li+]. The van der Waals surface area contributed by atoms with E-state index in [1.165, 1.54) is 19.3 Å². The van der Waals surface area contributed by atoms with Crippen LogP contribution in [0.5, 0.6) is 0 Å². The van der Waals surface area contributed by atoms with E-state index in [0.717, 1.165) is 32.1 Å². The van der Waals surface area contributed by atoms with Gasteiger partial charge in [-0.05, 0) is 111 Å². The van der Waals surface area contributed by atoms with Gasteiger partial charge in [-0.3, -0.25) is 0 Å². The van der Waals surface area contributed by atoms with Crippen molar-refractivity contribution in [2.45, 2.75) is 97.2 Å². The van der Waals surface area contributed by atoms with E-state index in [1.807, 2.05) is 0 Å². The molecule has 0 aromatic carbocycles. The molecule has 5 heteroatoms. The standard InChI is InChI=1S/C24H40O4.Li/c1-14(4-9-22(27)28)18-7-8-19-17-6-5-15-12-16(25)10-11-23(15,2)20(17)13-21(26)24(18,19)3;/h14-21,25-26H,4-13H2,1-3H3,(H,27,28);/q;+1/p-1/t14?,15-,16-,17+,18-,19+,20+,21+,23+,24-;/m1./s1. The zero-order valence-electron chi connectivity index (χ0n) is 18.9. The summed E-state index contributed by atoms with van der Waals surface area (Å²) in [5.41, 5.74) is 0.188. The fourth-order valence-corrected chi connectivity index (χ4v) is 8.71. The molecule has 4 saturated carbocycles. The first-order valence-corrected chi connectivity index (χ1v) is 11.7. The number of aliphatic hydroxyl groups is 2. The van der Waals surface area contributed by atoms with Gasteiger partial charge in [0.2, 0.25) is 0 Å². The maximum atomic E-state index is 11.5. The first-order chi connectivity index (χ1) is 13.2. The fraction of sp³-hybridized carbons (Fsp3) is 0.958. The van der Waals surface area contributed by atoms with Gasteiger partial charge in [-0.2, -0.15) is 0 Å². The van der Waals surface area contributed by atoms with Gasteiger partial charge in [-0.1, -0.05) is 20.8 Å². The quantitative estimate of drug-likeness (QED) is 0.661. The van der Waals surface area contributed by atoms with Gasteiger partial charge in [0.05, 0.1) is 12.2 Å². The third-order valence-corrected chi connectivity index (χ3v) is 10.3. The Morgan fingerprint density at radius 3 is 2.48 bits per heavy atom. The van der Waals surface area contributed by atoms with E-state index in [4.69, 9.17) is 0 Å². The number of carboxylic acids is 1. The number of aliphatic hydroxyl groups excluding tert-OH is 2. The number of aliphatic carboxylic acids is 1. The first-order valence-electron chi connectivity index (χ1n) is 11.7. The van der Waals surface area contributed by atoms with Gasteiger partial charge in [0.25, 0.3) is 0 Å². The largest absolute Gasteiger partial charge is 1.00 e. The van der Waals surface area contributed by atoms with Crippen molar-refractivity contribution >= 4 is 5.97 Å². The molecule has 4 rings (SSSR count). The van der Waals surface area contributed by atoms with Crippen molar-refractivity contribution < 1.29 is 39.0 Å². The summed E-state index contributed by atoms with van der Waals surface area (Å²) < 4.78 is 0. The number of carboxylic acid groups (broad SMARTS) is 1. The zero-order chi connectivity index (χ0) is 20.3. The molecule has 4 aliphatic carbocycles. The topological polar surface area (TPSA) is 80.6 Å². The molecule has 29 heavy (non-hydrogen) atoms. The number of carbonyl (C=O) groups is 1. The van der Waals surface area contributed by atoms with Gasteiger partial charge in [-0.25, -0.2) is 0 Å². The Morgan fingerprint density at radius 2 is 1.79 bits per heavy atom. The van der Waals surface area contributed by atoms with Crippen molar-refractivity contribution in [1.82, 2.24) is 0 Å². The van der Waals surface area contributed by atoms with E-state index < -0.39 is 5.97 Å². The van der Waals surface area contributed by atoms with E-state index in [1.54, 1.807) is 0 Å². The maximum absolute atomic E-state index is 11.5. The molecule has 0 spiro atoms. The molecule has 0 bridgehead atoms. The van der Waals surface area contributed by atoms with Crippen molar-refractivity contribution in [3.63, 3.8) is 0 Å². The Labute approximate surface area is 188 Å². The predicted molar refractivity (Wildman–Crippen MR) is 106 cm³/mol. The van der Waals surface area contributed by atoms with Crippen molar-refractivity contribution in [3.05, 3.63) is 0 Å². The summed E-state index contributed by atoms with van der Waals surface area (Å²) in [6.45, 7) is 6.94. The van der Waals surface area contributed by atoms with Gasteiger partial charge < -0.3 is 20.1 Å². The van der Waals surface area contributed by atoms with Crippen LogP contribution in [-0.2, 0) is 4.79 Å². The Hall–Kier alpha value is -0.0126. The molecule has 0 radical (unpaired) electrons. The third kappa shape index (κ3) is 3.75. The second-order valence-corrected chi connectivity index (χ2v) is 11.3. The van der Waals surface area contributed by atoms with Crippen LogP contribution in [0.15, 0.2) is 0 Å². The average Bonchev–Trinajstić information content (AvgIpc) is 3.00. The van der Waals surface area contributed by atoms with Gasteiger partial charge in [0.15, 0.2) is 0 Å². The van der Waals surface area contributed by atoms with Crippen LogP contribution in [-0.4, -0.2) is 28.4 Å². The summed E-state index contributed by atoms with van der Waals surface area (Å²) in [6.07, 6.45) is 8.98. The molecular formula is C24H39LiO4. The summed E-state index contributed by atoms with van der Waals surface area (Å²) in [5, 5.41) is 32.6. The number of hydrogen-bond acceptors (Lipinski definition) is 4. The Balaban J connectivity index is 0.00000240. The van der Waals surface area contributed by atoms with Crippen LogP contribution in [0.4, 0.5) is 0 Å². The molecular weight excluding hydrogens is 359 g/mol. The van der Waals surface area contributed by atoms with Gasteiger partial charge >= 0.3 is 18.9 Å². The van der Waals surface area contributed by atoms with Crippen LogP contribution in [0.3, 0.4) is 0 Å². The number of hydrogen-bond donors (Lipinski definition) is 2. The molecule has 4 nitrogen and oxygen atoms in total. The van der Waals surface area contributed by atoms with E-state index in [9.17, 15) is 20.1 Å². The number of fused-ring (bicyclic) bond motifs is 5. The minimum Gasteiger partial charge on any atom is -0.550 e. The zero-order valence-corrected chi connectivity index (χ0v) is 18.9. The summed E-state index contributed by atoms with van der Waals surface area (Å²) >= 11 is 0. The molecule has 4 aliphatic rings. The number of rotatable bonds is 4. The Morgan fingerprint density at radius 1 is 1.07 bits per heavy atom. The molecule has 160 valence electrons.